The highest BCUT2D eigenvalue weighted by molar-refractivity contribution is 7.99. The van der Waals surface area contributed by atoms with Gasteiger partial charge in [0, 0.05) is 35.2 Å². The Morgan fingerprint density at radius 1 is 1.30 bits per heavy atom. The van der Waals surface area contributed by atoms with E-state index >= 15 is 0 Å². The predicted molar refractivity (Wildman–Crippen MR) is 79.3 cm³/mol. The zero-order chi connectivity index (χ0) is 14.5. The van der Waals surface area contributed by atoms with Crippen LogP contribution in [0.4, 0.5) is 4.79 Å². The van der Waals surface area contributed by atoms with Crippen molar-refractivity contribution in [3.05, 3.63) is 34.9 Å². The molecule has 1 saturated heterocycles. The molecule has 1 atom stereocenters. The fourth-order valence-electron chi connectivity index (χ4n) is 1.96. The van der Waals surface area contributed by atoms with Gasteiger partial charge in [-0.05, 0) is 6.07 Å². The highest BCUT2D eigenvalue weighted by atomic mass is 35.5. The van der Waals surface area contributed by atoms with Crippen molar-refractivity contribution in [1.82, 2.24) is 10.2 Å². The van der Waals surface area contributed by atoms with Gasteiger partial charge in [0.05, 0.1) is 0 Å². The number of halogens is 1. The summed E-state index contributed by atoms with van der Waals surface area (Å²) in [6.45, 7) is 1.26. The first-order chi connectivity index (χ1) is 9.59. The molecule has 0 aromatic heterocycles. The quantitative estimate of drug-likeness (QED) is 0.897. The maximum atomic E-state index is 12.1. The maximum absolute atomic E-state index is 12.1. The molecule has 2 rings (SSSR count). The van der Waals surface area contributed by atoms with Crippen molar-refractivity contribution >= 4 is 35.4 Å². The average molecular weight is 315 g/mol. The van der Waals surface area contributed by atoms with Crippen LogP contribution in [0.3, 0.4) is 0 Å². The molecule has 2 amide bonds. The minimum absolute atomic E-state index is 0.328. The Morgan fingerprint density at radius 3 is 2.55 bits per heavy atom. The standard InChI is InChI=1S/C13H15ClN2O3S/c14-10-4-2-1-3-9(10)11(12(17)18)15-13(19)16-5-7-20-8-6-16/h1-4,11H,5-8H2,(H,15,19)(H,17,18)/t11-/m1/s1. The first-order valence-corrected chi connectivity index (χ1v) is 7.73. The van der Waals surface area contributed by atoms with Gasteiger partial charge in [0.15, 0.2) is 6.04 Å². The number of thioether (sulfide) groups is 1. The van der Waals surface area contributed by atoms with Gasteiger partial charge in [0.2, 0.25) is 0 Å². The highest BCUT2D eigenvalue weighted by Crippen LogP contribution is 2.23. The number of benzene rings is 1. The van der Waals surface area contributed by atoms with Gasteiger partial charge in [-0.15, -0.1) is 0 Å². The van der Waals surface area contributed by atoms with Gasteiger partial charge in [-0.25, -0.2) is 9.59 Å². The van der Waals surface area contributed by atoms with E-state index in [1.165, 1.54) is 0 Å². The van der Waals surface area contributed by atoms with E-state index in [2.05, 4.69) is 5.32 Å². The molecule has 1 heterocycles. The number of hydrogen-bond donors (Lipinski definition) is 2. The lowest BCUT2D eigenvalue weighted by atomic mass is 10.1. The monoisotopic (exact) mass is 314 g/mol. The molecule has 1 fully saturated rings. The van der Waals surface area contributed by atoms with Crippen molar-refractivity contribution in [1.29, 1.82) is 0 Å². The van der Waals surface area contributed by atoms with E-state index in [0.29, 0.717) is 23.7 Å². The second-order valence-corrected chi connectivity index (χ2v) is 5.97. The summed E-state index contributed by atoms with van der Waals surface area (Å²) >= 11 is 7.78. The van der Waals surface area contributed by atoms with E-state index in [1.807, 2.05) is 0 Å². The van der Waals surface area contributed by atoms with Gasteiger partial charge in [0.1, 0.15) is 0 Å². The lowest BCUT2D eigenvalue weighted by Gasteiger charge is -2.28. The molecule has 108 valence electrons. The van der Waals surface area contributed by atoms with Crippen LogP contribution in [0.1, 0.15) is 11.6 Å². The number of carbonyl (C=O) groups excluding carboxylic acids is 1. The number of carboxylic acids is 1. The molecule has 20 heavy (non-hydrogen) atoms. The largest absolute Gasteiger partial charge is 0.479 e. The van der Waals surface area contributed by atoms with Crippen LogP contribution < -0.4 is 5.32 Å². The van der Waals surface area contributed by atoms with Crippen molar-refractivity contribution in [2.45, 2.75) is 6.04 Å². The molecule has 1 aromatic carbocycles. The minimum Gasteiger partial charge on any atom is -0.479 e. The molecule has 0 spiro atoms. The molecule has 1 aliphatic rings. The molecule has 0 saturated carbocycles. The molecule has 7 heteroatoms. The third kappa shape index (κ3) is 3.58. The van der Waals surface area contributed by atoms with Crippen LogP contribution in [0.25, 0.3) is 0 Å². The number of amides is 2. The number of rotatable bonds is 3. The van der Waals surface area contributed by atoms with Crippen LogP contribution in [-0.4, -0.2) is 46.6 Å². The number of carbonyl (C=O) groups is 2. The zero-order valence-electron chi connectivity index (χ0n) is 10.7. The van der Waals surface area contributed by atoms with Crippen LogP contribution in [-0.2, 0) is 4.79 Å². The van der Waals surface area contributed by atoms with E-state index < -0.39 is 12.0 Å². The highest BCUT2D eigenvalue weighted by Gasteiger charge is 2.27. The summed E-state index contributed by atoms with van der Waals surface area (Å²) in [5.74, 6) is 0.618. The van der Waals surface area contributed by atoms with Crippen LogP contribution in [0.2, 0.25) is 5.02 Å². The Bertz CT molecular complexity index is 506. The van der Waals surface area contributed by atoms with Crippen LogP contribution in [0, 0.1) is 0 Å². The third-order valence-corrected chi connectivity index (χ3v) is 4.32. The summed E-state index contributed by atoms with van der Waals surface area (Å²) in [4.78, 5) is 25.1. The molecular weight excluding hydrogens is 300 g/mol. The Hall–Kier alpha value is -1.40. The maximum Gasteiger partial charge on any atom is 0.331 e. The van der Waals surface area contributed by atoms with Crippen molar-refractivity contribution in [2.75, 3.05) is 24.6 Å². The summed E-state index contributed by atoms with van der Waals surface area (Å²) in [5, 5.41) is 12.2. The number of carboxylic acid groups (broad SMARTS) is 1. The Kier molecular flexibility index (Phi) is 5.14. The van der Waals surface area contributed by atoms with Gasteiger partial charge in [-0.3, -0.25) is 0 Å². The van der Waals surface area contributed by atoms with Crippen molar-refractivity contribution in [2.24, 2.45) is 0 Å². The molecule has 0 aliphatic carbocycles. The van der Waals surface area contributed by atoms with Gasteiger partial charge in [-0.1, -0.05) is 29.8 Å². The summed E-state index contributed by atoms with van der Waals surface area (Å²) in [7, 11) is 0. The molecule has 2 N–H and O–H groups in total. The first-order valence-electron chi connectivity index (χ1n) is 6.20. The molecule has 0 unspecified atom stereocenters. The van der Waals surface area contributed by atoms with Crippen molar-refractivity contribution < 1.29 is 14.7 Å². The summed E-state index contributed by atoms with van der Waals surface area (Å²) in [6.07, 6.45) is 0. The van der Waals surface area contributed by atoms with E-state index in [9.17, 15) is 14.7 Å². The van der Waals surface area contributed by atoms with Gasteiger partial charge in [0.25, 0.3) is 0 Å². The van der Waals surface area contributed by atoms with E-state index in [4.69, 9.17) is 11.6 Å². The SMILES string of the molecule is O=C(O)[C@H](NC(=O)N1CCSCC1)c1ccccc1Cl. The third-order valence-electron chi connectivity index (χ3n) is 3.03. The van der Waals surface area contributed by atoms with E-state index in [-0.39, 0.29) is 6.03 Å². The molecule has 0 bridgehead atoms. The number of nitrogens with zero attached hydrogens (tertiary/aromatic N) is 1. The molecule has 1 aromatic rings. The predicted octanol–water partition coefficient (Wildman–Crippen LogP) is 2.22. The summed E-state index contributed by atoms with van der Waals surface area (Å²) in [6, 6.07) is 5.13. The number of urea groups is 1. The van der Waals surface area contributed by atoms with Gasteiger partial charge >= 0.3 is 12.0 Å². The smallest absolute Gasteiger partial charge is 0.331 e. The number of nitrogens with one attached hydrogen (secondary N) is 1. The van der Waals surface area contributed by atoms with E-state index in [1.54, 1.807) is 40.9 Å². The van der Waals surface area contributed by atoms with Crippen LogP contribution in [0.15, 0.2) is 24.3 Å². The fourth-order valence-corrected chi connectivity index (χ4v) is 3.11. The van der Waals surface area contributed by atoms with E-state index in [0.717, 1.165) is 11.5 Å². The molecule has 1 aliphatic heterocycles. The normalized spacial score (nSPS) is 16.6. The summed E-state index contributed by atoms with van der Waals surface area (Å²) in [5.41, 5.74) is 0.390. The van der Waals surface area contributed by atoms with Crippen molar-refractivity contribution in [3.63, 3.8) is 0 Å². The molecule has 0 radical (unpaired) electrons. The second kappa shape index (κ2) is 6.85. The topological polar surface area (TPSA) is 69.6 Å². The Balaban J connectivity index is 2.12. The Labute approximate surface area is 126 Å². The first kappa shape index (κ1) is 15.0. The average Bonchev–Trinajstić information content (AvgIpc) is 2.46. The summed E-state index contributed by atoms with van der Waals surface area (Å²) < 4.78 is 0. The lowest BCUT2D eigenvalue weighted by Crippen LogP contribution is -2.47. The Morgan fingerprint density at radius 2 is 1.95 bits per heavy atom. The molecular formula is C13H15ClN2O3S. The zero-order valence-corrected chi connectivity index (χ0v) is 12.3. The van der Waals surface area contributed by atoms with Gasteiger partial charge < -0.3 is 15.3 Å². The van der Waals surface area contributed by atoms with Gasteiger partial charge in [-0.2, -0.15) is 11.8 Å². The van der Waals surface area contributed by atoms with Crippen LogP contribution in [0.5, 0.6) is 0 Å². The minimum atomic E-state index is -1.13. The number of aliphatic carboxylic acids is 1. The second-order valence-electron chi connectivity index (χ2n) is 4.34. The lowest BCUT2D eigenvalue weighted by molar-refractivity contribution is -0.139. The molecule has 5 nitrogen and oxygen atoms in total. The van der Waals surface area contributed by atoms with Crippen molar-refractivity contribution in [3.8, 4) is 0 Å². The number of hydrogen-bond acceptors (Lipinski definition) is 3. The van der Waals surface area contributed by atoms with Crippen LogP contribution >= 0.6 is 23.4 Å². The fraction of sp³-hybridized carbons (Fsp3) is 0.385.